The molecule has 3 rings (SSSR count). The monoisotopic (exact) mass is 426 g/mol. The van der Waals surface area contributed by atoms with Gasteiger partial charge in [0.25, 0.3) is 5.56 Å². The highest BCUT2D eigenvalue weighted by molar-refractivity contribution is 6.30. The van der Waals surface area contributed by atoms with E-state index in [1.54, 1.807) is 41.1 Å². The van der Waals surface area contributed by atoms with Crippen molar-refractivity contribution in [3.05, 3.63) is 75.7 Å². The third kappa shape index (κ3) is 4.74. The lowest BCUT2D eigenvalue weighted by molar-refractivity contribution is -0.117. The number of halogens is 1. The van der Waals surface area contributed by atoms with Crippen LogP contribution in [-0.4, -0.2) is 22.2 Å². The number of aliphatic hydroxyl groups excluding tert-OH is 1. The molecule has 2 atom stereocenters. The van der Waals surface area contributed by atoms with E-state index in [1.165, 1.54) is 0 Å². The zero-order valence-electron chi connectivity index (χ0n) is 17.4. The maximum atomic E-state index is 13.1. The van der Waals surface area contributed by atoms with Crippen molar-refractivity contribution in [2.75, 3.05) is 11.9 Å². The Labute approximate surface area is 181 Å². The number of aliphatic hydroxyl groups is 1. The number of amides is 1. The summed E-state index contributed by atoms with van der Waals surface area (Å²) in [5.74, 6) is -0.186. The van der Waals surface area contributed by atoms with Crippen molar-refractivity contribution in [2.24, 2.45) is 5.92 Å². The molecule has 1 aromatic heterocycles. The summed E-state index contributed by atoms with van der Waals surface area (Å²) in [4.78, 5) is 25.9. The first-order valence-electron chi connectivity index (χ1n) is 10.1. The number of carbonyl (C=O) groups excluding carboxylic acids is 1. The predicted octanol–water partition coefficient (Wildman–Crippen LogP) is 4.98. The minimum Gasteiger partial charge on any atom is -0.394 e. The van der Waals surface area contributed by atoms with Gasteiger partial charge in [0.05, 0.1) is 18.6 Å². The van der Waals surface area contributed by atoms with E-state index in [1.807, 2.05) is 25.1 Å². The molecule has 30 heavy (non-hydrogen) atoms. The SMILES string of the molecule is CC(C)CC(CO)n1ccc2c(NC(=O)C(C)c3ccc(Cl)cc3)cccc2c1=O. The van der Waals surface area contributed by atoms with E-state index in [0.29, 0.717) is 33.8 Å². The molecule has 0 saturated heterocycles. The fraction of sp³-hybridized carbons (Fsp3) is 0.333. The molecular weight excluding hydrogens is 400 g/mol. The molecule has 0 bridgehead atoms. The molecule has 2 N–H and O–H groups in total. The molecule has 0 radical (unpaired) electrons. The van der Waals surface area contributed by atoms with Crippen LogP contribution in [0.1, 0.15) is 44.7 Å². The average Bonchev–Trinajstić information content (AvgIpc) is 2.73. The van der Waals surface area contributed by atoms with Gasteiger partial charge in [-0.25, -0.2) is 0 Å². The van der Waals surface area contributed by atoms with Gasteiger partial charge in [-0.15, -0.1) is 0 Å². The van der Waals surface area contributed by atoms with Crippen molar-refractivity contribution in [3.8, 4) is 0 Å². The molecular formula is C24H27ClN2O3. The van der Waals surface area contributed by atoms with E-state index in [-0.39, 0.29) is 30.0 Å². The second-order valence-corrected chi connectivity index (χ2v) is 8.46. The van der Waals surface area contributed by atoms with Crippen LogP contribution in [0.2, 0.25) is 5.02 Å². The summed E-state index contributed by atoms with van der Waals surface area (Å²) in [6, 6.07) is 14.0. The molecule has 2 unspecified atom stereocenters. The van der Waals surface area contributed by atoms with Crippen LogP contribution in [-0.2, 0) is 4.79 Å². The molecule has 0 spiro atoms. The zero-order chi connectivity index (χ0) is 21.8. The summed E-state index contributed by atoms with van der Waals surface area (Å²) >= 11 is 5.93. The number of nitrogens with zero attached hydrogens (tertiary/aromatic N) is 1. The number of hydrogen-bond donors (Lipinski definition) is 2. The van der Waals surface area contributed by atoms with Crippen molar-refractivity contribution < 1.29 is 9.90 Å². The summed E-state index contributed by atoms with van der Waals surface area (Å²) in [5, 5.41) is 14.5. The Kier molecular flexibility index (Phi) is 6.95. The van der Waals surface area contributed by atoms with Crippen LogP contribution in [0, 0.1) is 5.92 Å². The normalized spacial score (nSPS) is 13.4. The van der Waals surface area contributed by atoms with Gasteiger partial charge in [-0.3, -0.25) is 9.59 Å². The molecule has 0 saturated carbocycles. The van der Waals surface area contributed by atoms with Gasteiger partial charge in [-0.05, 0) is 55.2 Å². The number of anilines is 1. The summed E-state index contributed by atoms with van der Waals surface area (Å²) in [5.41, 5.74) is 1.28. The third-order valence-electron chi connectivity index (χ3n) is 5.34. The highest BCUT2D eigenvalue weighted by atomic mass is 35.5. The van der Waals surface area contributed by atoms with Gasteiger partial charge in [-0.1, -0.05) is 43.6 Å². The largest absolute Gasteiger partial charge is 0.394 e. The predicted molar refractivity (Wildman–Crippen MR) is 122 cm³/mol. The van der Waals surface area contributed by atoms with E-state index in [4.69, 9.17) is 11.6 Å². The molecule has 6 heteroatoms. The second kappa shape index (κ2) is 9.45. The van der Waals surface area contributed by atoms with Gasteiger partial charge in [0, 0.05) is 27.7 Å². The fourth-order valence-corrected chi connectivity index (χ4v) is 3.78. The maximum Gasteiger partial charge on any atom is 0.258 e. The Bertz CT molecular complexity index is 1090. The van der Waals surface area contributed by atoms with E-state index in [9.17, 15) is 14.7 Å². The number of carbonyl (C=O) groups is 1. The molecule has 1 amide bonds. The van der Waals surface area contributed by atoms with Crippen molar-refractivity contribution in [2.45, 2.75) is 39.2 Å². The highest BCUT2D eigenvalue weighted by Gasteiger charge is 2.18. The molecule has 2 aromatic carbocycles. The lowest BCUT2D eigenvalue weighted by Gasteiger charge is -2.20. The quantitative estimate of drug-likeness (QED) is 0.559. The molecule has 0 aliphatic carbocycles. The van der Waals surface area contributed by atoms with Gasteiger partial charge < -0.3 is 15.0 Å². The summed E-state index contributed by atoms with van der Waals surface area (Å²) in [6.07, 6.45) is 2.41. The van der Waals surface area contributed by atoms with E-state index < -0.39 is 0 Å². The van der Waals surface area contributed by atoms with E-state index in [2.05, 4.69) is 19.2 Å². The first kappa shape index (κ1) is 22.1. The Morgan fingerprint density at radius 2 is 1.77 bits per heavy atom. The van der Waals surface area contributed by atoms with Crippen LogP contribution in [0.5, 0.6) is 0 Å². The Hall–Kier alpha value is -2.63. The molecule has 0 aliphatic rings. The number of rotatable bonds is 7. The first-order valence-corrected chi connectivity index (χ1v) is 10.5. The molecule has 1 heterocycles. The minimum absolute atomic E-state index is 0.0986. The highest BCUT2D eigenvalue weighted by Crippen LogP contribution is 2.25. The number of pyridine rings is 1. The number of hydrogen-bond acceptors (Lipinski definition) is 3. The number of fused-ring (bicyclic) bond motifs is 1. The fourth-order valence-electron chi connectivity index (χ4n) is 3.65. The van der Waals surface area contributed by atoms with Gasteiger partial charge in [0.2, 0.25) is 5.91 Å². The van der Waals surface area contributed by atoms with Gasteiger partial charge in [0.15, 0.2) is 0 Å². The van der Waals surface area contributed by atoms with E-state index in [0.717, 1.165) is 5.56 Å². The summed E-state index contributed by atoms with van der Waals surface area (Å²) in [7, 11) is 0. The van der Waals surface area contributed by atoms with Crippen LogP contribution in [0.25, 0.3) is 10.8 Å². The third-order valence-corrected chi connectivity index (χ3v) is 5.59. The van der Waals surface area contributed by atoms with Gasteiger partial charge in [0.1, 0.15) is 0 Å². The topological polar surface area (TPSA) is 71.3 Å². The van der Waals surface area contributed by atoms with Crippen LogP contribution >= 0.6 is 11.6 Å². The molecule has 0 fully saturated rings. The summed E-state index contributed by atoms with van der Waals surface area (Å²) in [6.45, 7) is 5.85. The number of benzene rings is 2. The first-order chi connectivity index (χ1) is 14.3. The summed E-state index contributed by atoms with van der Waals surface area (Å²) < 4.78 is 1.59. The zero-order valence-corrected chi connectivity index (χ0v) is 18.2. The van der Waals surface area contributed by atoms with Crippen molar-refractivity contribution in [1.29, 1.82) is 0 Å². The van der Waals surface area contributed by atoms with Crippen LogP contribution in [0.3, 0.4) is 0 Å². The van der Waals surface area contributed by atoms with Gasteiger partial charge >= 0.3 is 0 Å². The number of aromatic nitrogens is 1. The van der Waals surface area contributed by atoms with E-state index >= 15 is 0 Å². The van der Waals surface area contributed by atoms with Crippen LogP contribution < -0.4 is 10.9 Å². The standard InChI is InChI=1S/C24H27ClN2O3/c1-15(2)13-19(14-28)27-12-11-20-21(24(27)30)5-4-6-22(20)26-23(29)16(3)17-7-9-18(25)10-8-17/h4-12,15-16,19,28H,13-14H2,1-3H3,(H,26,29). The lowest BCUT2D eigenvalue weighted by atomic mass is 10.00. The Morgan fingerprint density at radius 1 is 1.07 bits per heavy atom. The van der Waals surface area contributed by atoms with Crippen LogP contribution in [0.15, 0.2) is 59.5 Å². The van der Waals surface area contributed by atoms with Gasteiger partial charge in [-0.2, -0.15) is 0 Å². The van der Waals surface area contributed by atoms with Crippen LogP contribution in [0.4, 0.5) is 5.69 Å². The van der Waals surface area contributed by atoms with Crippen molar-refractivity contribution in [3.63, 3.8) is 0 Å². The minimum atomic E-state index is -0.372. The molecule has 158 valence electrons. The maximum absolute atomic E-state index is 13.1. The van der Waals surface area contributed by atoms with Crippen molar-refractivity contribution in [1.82, 2.24) is 4.57 Å². The smallest absolute Gasteiger partial charge is 0.258 e. The Balaban J connectivity index is 1.92. The molecule has 3 aromatic rings. The Morgan fingerprint density at radius 3 is 2.40 bits per heavy atom. The molecule has 5 nitrogen and oxygen atoms in total. The lowest BCUT2D eigenvalue weighted by Crippen LogP contribution is -2.28. The number of nitrogens with one attached hydrogen (secondary N) is 1. The average molecular weight is 427 g/mol. The second-order valence-electron chi connectivity index (χ2n) is 8.02. The molecule has 0 aliphatic heterocycles. The van der Waals surface area contributed by atoms with Crippen molar-refractivity contribution >= 4 is 34.0 Å².